The molecule has 1 aromatic rings. The second kappa shape index (κ2) is 10.5. The minimum absolute atomic E-state index is 0.328. The van der Waals surface area contributed by atoms with Crippen LogP contribution in [0.4, 0.5) is 0 Å². The number of rotatable bonds is 10. The summed E-state index contributed by atoms with van der Waals surface area (Å²) in [6, 6.07) is 1.57. The standard InChI is InChI=1S/C15H24N2O2/c1-2-3-4-5-6-7-8-9-12-19-15(18)14-10-11-16-13-17-14/h10-11,13H,2-9,12H2,1H3. The van der Waals surface area contributed by atoms with E-state index in [2.05, 4.69) is 16.9 Å². The lowest BCUT2D eigenvalue weighted by molar-refractivity contribution is 0.0490. The summed E-state index contributed by atoms with van der Waals surface area (Å²) in [5, 5.41) is 0. The van der Waals surface area contributed by atoms with E-state index in [1.54, 1.807) is 12.3 Å². The predicted molar refractivity (Wildman–Crippen MR) is 74.9 cm³/mol. The summed E-state index contributed by atoms with van der Waals surface area (Å²) in [7, 11) is 0. The van der Waals surface area contributed by atoms with Gasteiger partial charge in [0, 0.05) is 6.20 Å². The quantitative estimate of drug-likeness (QED) is 0.477. The van der Waals surface area contributed by atoms with Crippen molar-refractivity contribution in [3.8, 4) is 0 Å². The van der Waals surface area contributed by atoms with Gasteiger partial charge in [-0.2, -0.15) is 0 Å². The van der Waals surface area contributed by atoms with Gasteiger partial charge in [0.15, 0.2) is 5.69 Å². The normalized spacial score (nSPS) is 10.4. The van der Waals surface area contributed by atoms with Crippen LogP contribution in [0.5, 0.6) is 0 Å². The number of ether oxygens (including phenoxy) is 1. The van der Waals surface area contributed by atoms with Gasteiger partial charge in [0.1, 0.15) is 6.33 Å². The van der Waals surface area contributed by atoms with E-state index in [1.807, 2.05) is 0 Å². The number of aromatic nitrogens is 2. The van der Waals surface area contributed by atoms with E-state index in [4.69, 9.17) is 4.74 Å². The Kier molecular flexibility index (Phi) is 8.60. The maximum Gasteiger partial charge on any atom is 0.357 e. The summed E-state index contributed by atoms with van der Waals surface area (Å²) in [4.78, 5) is 19.1. The number of carbonyl (C=O) groups excluding carboxylic acids is 1. The monoisotopic (exact) mass is 264 g/mol. The van der Waals surface area contributed by atoms with E-state index in [1.165, 1.54) is 44.9 Å². The van der Waals surface area contributed by atoms with Crippen molar-refractivity contribution in [2.45, 2.75) is 58.3 Å². The van der Waals surface area contributed by atoms with Crippen molar-refractivity contribution in [3.05, 3.63) is 24.3 Å². The molecule has 0 spiro atoms. The molecular formula is C15H24N2O2. The third-order valence-corrected chi connectivity index (χ3v) is 3.02. The topological polar surface area (TPSA) is 52.1 Å². The molecule has 4 heteroatoms. The van der Waals surface area contributed by atoms with Gasteiger partial charge in [-0.1, -0.05) is 51.9 Å². The lowest BCUT2D eigenvalue weighted by Crippen LogP contribution is -2.08. The van der Waals surface area contributed by atoms with Crippen LogP contribution in [-0.2, 0) is 4.74 Å². The van der Waals surface area contributed by atoms with Crippen molar-refractivity contribution in [1.29, 1.82) is 0 Å². The zero-order valence-electron chi connectivity index (χ0n) is 11.8. The molecule has 1 rings (SSSR count). The summed E-state index contributed by atoms with van der Waals surface area (Å²) in [6.07, 6.45) is 12.8. The fraction of sp³-hybridized carbons (Fsp3) is 0.667. The van der Waals surface area contributed by atoms with Gasteiger partial charge in [0.2, 0.25) is 0 Å². The van der Waals surface area contributed by atoms with Gasteiger partial charge >= 0.3 is 5.97 Å². The van der Waals surface area contributed by atoms with Crippen LogP contribution in [0.3, 0.4) is 0 Å². The van der Waals surface area contributed by atoms with Crippen LogP contribution in [0.2, 0.25) is 0 Å². The highest BCUT2D eigenvalue weighted by Gasteiger charge is 2.06. The Labute approximate surface area is 115 Å². The van der Waals surface area contributed by atoms with Gasteiger partial charge in [-0.15, -0.1) is 0 Å². The fourth-order valence-corrected chi connectivity index (χ4v) is 1.89. The minimum Gasteiger partial charge on any atom is -0.461 e. The molecule has 0 radical (unpaired) electrons. The molecule has 0 aliphatic carbocycles. The highest BCUT2D eigenvalue weighted by molar-refractivity contribution is 5.86. The van der Waals surface area contributed by atoms with Gasteiger partial charge in [-0.3, -0.25) is 0 Å². The number of unbranched alkanes of at least 4 members (excludes halogenated alkanes) is 7. The van der Waals surface area contributed by atoms with Crippen LogP contribution < -0.4 is 0 Å². The molecule has 0 aromatic carbocycles. The second-order valence-electron chi connectivity index (χ2n) is 4.71. The van der Waals surface area contributed by atoms with Gasteiger partial charge in [0.05, 0.1) is 6.61 Å². The smallest absolute Gasteiger partial charge is 0.357 e. The zero-order chi connectivity index (χ0) is 13.8. The molecule has 0 atom stereocenters. The van der Waals surface area contributed by atoms with E-state index in [0.717, 1.165) is 12.8 Å². The van der Waals surface area contributed by atoms with Crippen LogP contribution in [0, 0.1) is 0 Å². The minimum atomic E-state index is -0.356. The number of esters is 1. The highest BCUT2D eigenvalue weighted by Crippen LogP contribution is 2.08. The Morgan fingerprint density at radius 2 is 1.79 bits per heavy atom. The predicted octanol–water partition coefficient (Wildman–Crippen LogP) is 3.77. The number of nitrogens with zero attached hydrogens (tertiary/aromatic N) is 2. The molecule has 0 unspecified atom stereocenters. The first kappa shape index (κ1) is 15.6. The number of hydrogen-bond acceptors (Lipinski definition) is 4. The van der Waals surface area contributed by atoms with Crippen LogP contribution in [0.1, 0.15) is 68.8 Å². The molecule has 0 fully saturated rings. The molecule has 1 heterocycles. The highest BCUT2D eigenvalue weighted by atomic mass is 16.5. The summed E-state index contributed by atoms with van der Waals surface area (Å²) in [6.45, 7) is 2.71. The van der Waals surface area contributed by atoms with Crippen molar-refractivity contribution in [1.82, 2.24) is 9.97 Å². The van der Waals surface area contributed by atoms with Crippen LogP contribution >= 0.6 is 0 Å². The molecule has 0 saturated carbocycles. The maximum absolute atomic E-state index is 11.5. The van der Waals surface area contributed by atoms with Crippen LogP contribution in [0.15, 0.2) is 18.6 Å². The van der Waals surface area contributed by atoms with Crippen LogP contribution in [-0.4, -0.2) is 22.5 Å². The molecule has 0 amide bonds. The molecular weight excluding hydrogens is 240 g/mol. The molecule has 0 N–H and O–H groups in total. The summed E-state index contributed by atoms with van der Waals surface area (Å²) in [5.41, 5.74) is 0.328. The Morgan fingerprint density at radius 3 is 2.42 bits per heavy atom. The van der Waals surface area contributed by atoms with Crippen molar-refractivity contribution in [3.63, 3.8) is 0 Å². The third-order valence-electron chi connectivity index (χ3n) is 3.02. The Balaban J connectivity index is 1.95. The van der Waals surface area contributed by atoms with Crippen molar-refractivity contribution in [2.75, 3.05) is 6.61 Å². The Bertz CT molecular complexity index is 341. The largest absolute Gasteiger partial charge is 0.461 e. The van der Waals surface area contributed by atoms with Gasteiger partial charge in [-0.05, 0) is 12.5 Å². The first-order valence-corrected chi connectivity index (χ1v) is 7.27. The molecule has 0 aliphatic heterocycles. The molecule has 4 nitrogen and oxygen atoms in total. The number of carbonyl (C=O) groups is 1. The first-order valence-electron chi connectivity index (χ1n) is 7.27. The average molecular weight is 264 g/mol. The SMILES string of the molecule is CCCCCCCCCCOC(=O)c1ccncn1. The molecule has 106 valence electrons. The van der Waals surface area contributed by atoms with Gasteiger partial charge < -0.3 is 4.74 Å². The molecule has 0 bridgehead atoms. The summed E-state index contributed by atoms with van der Waals surface area (Å²) in [5.74, 6) is -0.356. The van der Waals surface area contributed by atoms with Crippen LogP contribution in [0.25, 0.3) is 0 Å². The van der Waals surface area contributed by atoms with Crippen molar-refractivity contribution >= 4 is 5.97 Å². The Hall–Kier alpha value is -1.45. The molecule has 19 heavy (non-hydrogen) atoms. The van der Waals surface area contributed by atoms with E-state index in [0.29, 0.717) is 12.3 Å². The average Bonchev–Trinajstić information content (AvgIpc) is 2.46. The van der Waals surface area contributed by atoms with E-state index in [-0.39, 0.29) is 5.97 Å². The third kappa shape index (κ3) is 7.54. The molecule has 1 aromatic heterocycles. The van der Waals surface area contributed by atoms with Crippen molar-refractivity contribution < 1.29 is 9.53 Å². The van der Waals surface area contributed by atoms with E-state index >= 15 is 0 Å². The molecule has 0 saturated heterocycles. The lowest BCUT2D eigenvalue weighted by Gasteiger charge is -2.04. The maximum atomic E-state index is 11.5. The summed E-state index contributed by atoms with van der Waals surface area (Å²) >= 11 is 0. The van der Waals surface area contributed by atoms with Gasteiger partial charge in [0.25, 0.3) is 0 Å². The van der Waals surface area contributed by atoms with E-state index in [9.17, 15) is 4.79 Å². The van der Waals surface area contributed by atoms with Crippen molar-refractivity contribution in [2.24, 2.45) is 0 Å². The second-order valence-corrected chi connectivity index (χ2v) is 4.71. The number of hydrogen-bond donors (Lipinski definition) is 0. The lowest BCUT2D eigenvalue weighted by atomic mass is 10.1. The van der Waals surface area contributed by atoms with E-state index < -0.39 is 0 Å². The zero-order valence-corrected chi connectivity index (χ0v) is 11.8. The molecule has 0 aliphatic rings. The first-order chi connectivity index (χ1) is 9.34. The Morgan fingerprint density at radius 1 is 1.11 bits per heavy atom. The van der Waals surface area contributed by atoms with Gasteiger partial charge in [-0.25, -0.2) is 14.8 Å². The fourth-order valence-electron chi connectivity index (χ4n) is 1.89. The summed E-state index contributed by atoms with van der Waals surface area (Å²) < 4.78 is 5.14.